The Hall–Kier alpha value is -1.45. The van der Waals surface area contributed by atoms with E-state index < -0.39 is 0 Å². The van der Waals surface area contributed by atoms with Crippen LogP contribution in [-0.4, -0.2) is 19.1 Å². The summed E-state index contributed by atoms with van der Waals surface area (Å²) in [4.78, 5) is 10.9. The average Bonchev–Trinajstić information content (AvgIpc) is 2.57. The van der Waals surface area contributed by atoms with Gasteiger partial charge in [-0.15, -0.1) is 0 Å². The van der Waals surface area contributed by atoms with Crippen LogP contribution in [0.4, 0.5) is 4.79 Å². The molecule has 0 spiro atoms. The molecule has 1 aromatic rings. The maximum absolute atomic E-state index is 10.9. The van der Waals surface area contributed by atoms with Crippen LogP contribution in [0.5, 0.6) is 0 Å². The van der Waals surface area contributed by atoms with Gasteiger partial charge in [0.15, 0.2) is 0 Å². The van der Waals surface area contributed by atoms with Crippen molar-refractivity contribution in [3.05, 3.63) is 24.2 Å². The fourth-order valence-corrected chi connectivity index (χ4v) is 0.978. The molecule has 0 saturated carbocycles. The molecule has 2 amide bonds. The van der Waals surface area contributed by atoms with Gasteiger partial charge in [-0.2, -0.15) is 0 Å². The van der Waals surface area contributed by atoms with Crippen molar-refractivity contribution in [3.63, 3.8) is 0 Å². The van der Waals surface area contributed by atoms with Crippen molar-refractivity contribution in [2.24, 2.45) is 0 Å². The van der Waals surface area contributed by atoms with Crippen LogP contribution in [0.3, 0.4) is 0 Å². The Morgan fingerprint density at radius 2 is 2.38 bits per heavy atom. The van der Waals surface area contributed by atoms with Crippen LogP contribution in [0.2, 0.25) is 0 Å². The summed E-state index contributed by atoms with van der Waals surface area (Å²) in [6, 6.07) is 1.77. The molecule has 1 rings (SSSR count). The summed E-state index contributed by atoms with van der Waals surface area (Å²) < 4.78 is 4.89. The number of furan rings is 1. The molecule has 0 aliphatic rings. The lowest BCUT2D eigenvalue weighted by Gasteiger charge is -2.03. The molecule has 0 aliphatic carbocycles. The van der Waals surface area contributed by atoms with E-state index >= 15 is 0 Å². The Labute approximate surface area is 77.3 Å². The molecule has 0 fully saturated rings. The smallest absolute Gasteiger partial charge is 0.314 e. The van der Waals surface area contributed by atoms with Crippen LogP contribution >= 0.6 is 0 Å². The molecule has 72 valence electrons. The quantitative estimate of drug-likeness (QED) is 0.733. The van der Waals surface area contributed by atoms with Crippen LogP contribution in [0.1, 0.15) is 12.5 Å². The SMILES string of the molecule is CCNC(=O)NCCc1ccoc1. The lowest BCUT2D eigenvalue weighted by molar-refractivity contribution is 0.241. The van der Waals surface area contributed by atoms with Gasteiger partial charge in [-0.1, -0.05) is 0 Å². The summed E-state index contributed by atoms with van der Waals surface area (Å²) in [5.41, 5.74) is 1.09. The molecule has 0 unspecified atom stereocenters. The predicted octanol–water partition coefficient (Wildman–Crippen LogP) is 1.14. The molecule has 0 radical (unpaired) electrons. The molecule has 2 N–H and O–H groups in total. The van der Waals surface area contributed by atoms with Gasteiger partial charge in [-0.3, -0.25) is 0 Å². The van der Waals surface area contributed by atoms with E-state index in [4.69, 9.17) is 4.42 Å². The molecule has 4 nitrogen and oxygen atoms in total. The van der Waals surface area contributed by atoms with Gasteiger partial charge in [-0.25, -0.2) is 4.79 Å². The maximum Gasteiger partial charge on any atom is 0.314 e. The molecule has 4 heteroatoms. The molecular weight excluding hydrogens is 168 g/mol. The second kappa shape index (κ2) is 5.24. The third-order valence-corrected chi connectivity index (χ3v) is 1.62. The molecule has 1 aromatic heterocycles. The molecule has 0 bridgehead atoms. The Balaban J connectivity index is 2.11. The van der Waals surface area contributed by atoms with E-state index in [1.54, 1.807) is 12.5 Å². The topological polar surface area (TPSA) is 54.3 Å². The number of hydrogen-bond donors (Lipinski definition) is 2. The van der Waals surface area contributed by atoms with Gasteiger partial charge < -0.3 is 15.1 Å². The maximum atomic E-state index is 10.9. The van der Waals surface area contributed by atoms with Crippen LogP contribution in [0, 0.1) is 0 Å². The first kappa shape index (κ1) is 9.64. The van der Waals surface area contributed by atoms with Crippen molar-refractivity contribution >= 4 is 6.03 Å². The zero-order valence-corrected chi connectivity index (χ0v) is 7.67. The van der Waals surface area contributed by atoms with Gasteiger partial charge in [0, 0.05) is 13.1 Å². The third kappa shape index (κ3) is 3.64. The minimum Gasteiger partial charge on any atom is -0.472 e. The minimum atomic E-state index is -0.119. The number of nitrogens with one attached hydrogen (secondary N) is 2. The van der Waals surface area contributed by atoms with E-state index in [0.29, 0.717) is 13.1 Å². The predicted molar refractivity (Wildman–Crippen MR) is 49.5 cm³/mol. The van der Waals surface area contributed by atoms with Crippen LogP contribution < -0.4 is 10.6 Å². The summed E-state index contributed by atoms with van der Waals surface area (Å²) >= 11 is 0. The Kier molecular flexibility index (Phi) is 3.88. The number of urea groups is 1. The molecule has 0 atom stereocenters. The fourth-order valence-electron chi connectivity index (χ4n) is 0.978. The molecular formula is C9H14N2O2. The number of hydrogen-bond acceptors (Lipinski definition) is 2. The molecule has 0 aliphatic heterocycles. The molecule has 13 heavy (non-hydrogen) atoms. The van der Waals surface area contributed by atoms with Gasteiger partial charge in [0.1, 0.15) is 0 Å². The highest BCUT2D eigenvalue weighted by molar-refractivity contribution is 5.73. The van der Waals surface area contributed by atoms with E-state index in [2.05, 4.69) is 10.6 Å². The van der Waals surface area contributed by atoms with Crippen LogP contribution in [0.25, 0.3) is 0 Å². The van der Waals surface area contributed by atoms with Gasteiger partial charge in [-0.05, 0) is 25.0 Å². The minimum absolute atomic E-state index is 0.119. The van der Waals surface area contributed by atoms with Gasteiger partial charge in [0.2, 0.25) is 0 Å². The summed E-state index contributed by atoms with van der Waals surface area (Å²) in [6.07, 6.45) is 4.11. The standard InChI is InChI=1S/C9H14N2O2/c1-2-10-9(12)11-5-3-8-4-6-13-7-8/h4,6-7H,2-3,5H2,1H3,(H2,10,11,12). The van der Waals surface area contributed by atoms with Gasteiger partial charge in [0.25, 0.3) is 0 Å². The first-order chi connectivity index (χ1) is 6.33. The molecule has 0 saturated heterocycles. The van der Waals surface area contributed by atoms with Crippen molar-refractivity contribution in [2.75, 3.05) is 13.1 Å². The van der Waals surface area contributed by atoms with Crippen LogP contribution in [0.15, 0.2) is 23.0 Å². The van der Waals surface area contributed by atoms with Crippen molar-refractivity contribution in [2.45, 2.75) is 13.3 Å². The summed E-state index contributed by atoms with van der Waals surface area (Å²) in [5, 5.41) is 5.38. The number of rotatable bonds is 4. The van der Waals surface area contributed by atoms with E-state index in [0.717, 1.165) is 12.0 Å². The van der Waals surface area contributed by atoms with E-state index in [9.17, 15) is 4.79 Å². The van der Waals surface area contributed by atoms with E-state index in [-0.39, 0.29) is 6.03 Å². The monoisotopic (exact) mass is 182 g/mol. The van der Waals surface area contributed by atoms with Crippen LogP contribution in [-0.2, 0) is 6.42 Å². The van der Waals surface area contributed by atoms with Crippen molar-refractivity contribution in [3.8, 4) is 0 Å². The Bertz CT molecular complexity index is 244. The highest BCUT2D eigenvalue weighted by atomic mass is 16.3. The Morgan fingerprint density at radius 1 is 1.54 bits per heavy atom. The van der Waals surface area contributed by atoms with Crippen molar-refractivity contribution in [1.82, 2.24) is 10.6 Å². The highest BCUT2D eigenvalue weighted by Crippen LogP contribution is 1.99. The lowest BCUT2D eigenvalue weighted by atomic mass is 10.2. The number of amides is 2. The normalized spacial score (nSPS) is 9.62. The third-order valence-electron chi connectivity index (χ3n) is 1.62. The zero-order valence-electron chi connectivity index (χ0n) is 7.67. The van der Waals surface area contributed by atoms with Gasteiger partial charge in [0.05, 0.1) is 12.5 Å². The summed E-state index contributed by atoms with van der Waals surface area (Å²) in [5.74, 6) is 0. The van der Waals surface area contributed by atoms with E-state index in [1.165, 1.54) is 0 Å². The largest absolute Gasteiger partial charge is 0.472 e. The lowest BCUT2D eigenvalue weighted by Crippen LogP contribution is -2.36. The van der Waals surface area contributed by atoms with E-state index in [1.807, 2.05) is 13.0 Å². The number of carbonyl (C=O) groups is 1. The Morgan fingerprint density at radius 3 is 3.00 bits per heavy atom. The van der Waals surface area contributed by atoms with Gasteiger partial charge >= 0.3 is 6.03 Å². The summed E-state index contributed by atoms with van der Waals surface area (Å²) in [7, 11) is 0. The first-order valence-electron chi connectivity index (χ1n) is 4.35. The van der Waals surface area contributed by atoms with Crippen molar-refractivity contribution in [1.29, 1.82) is 0 Å². The fraction of sp³-hybridized carbons (Fsp3) is 0.444. The molecule has 1 heterocycles. The van der Waals surface area contributed by atoms with Crippen molar-refractivity contribution < 1.29 is 9.21 Å². The highest BCUT2D eigenvalue weighted by Gasteiger charge is 1.97. The molecule has 0 aromatic carbocycles. The average molecular weight is 182 g/mol. The first-order valence-corrected chi connectivity index (χ1v) is 4.35. The second-order valence-corrected chi connectivity index (χ2v) is 2.67. The zero-order chi connectivity index (χ0) is 9.52. The summed E-state index contributed by atoms with van der Waals surface area (Å²) in [6.45, 7) is 3.17. The second-order valence-electron chi connectivity index (χ2n) is 2.67. The number of carbonyl (C=O) groups excluding carboxylic acids is 1.